The molecule has 0 aliphatic heterocycles. The minimum absolute atomic E-state index is 0.681. The van der Waals surface area contributed by atoms with Gasteiger partial charge in [0.05, 0.1) is 0 Å². The van der Waals surface area contributed by atoms with Crippen molar-refractivity contribution in [3.05, 3.63) is 0 Å². The van der Waals surface area contributed by atoms with Crippen molar-refractivity contribution in [1.82, 2.24) is 5.43 Å². The van der Waals surface area contributed by atoms with Gasteiger partial charge in [0.15, 0.2) is 0 Å². The summed E-state index contributed by atoms with van der Waals surface area (Å²) in [5.74, 6) is 9.64. The second-order valence-electron chi connectivity index (χ2n) is 4.87. The molecule has 3 saturated carbocycles. The highest BCUT2D eigenvalue weighted by Gasteiger charge is 2.58. The van der Waals surface area contributed by atoms with Crippen molar-refractivity contribution in [3.63, 3.8) is 0 Å². The first-order valence-electron chi connectivity index (χ1n) is 5.38. The minimum atomic E-state index is 0.681. The molecular weight excluding hydrogens is 148 g/mol. The Hall–Kier alpha value is -0.0800. The third-order valence-electron chi connectivity index (χ3n) is 4.21. The van der Waals surface area contributed by atoms with Crippen molar-refractivity contribution in [3.8, 4) is 0 Å². The van der Waals surface area contributed by atoms with E-state index in [0.717, 1.165) is 23.7 Å². The maximum atomic E-state index is 5.61. The van der Waals surface area contributed by atoms with Crippen LogP contribution in [0.15, 0.2) is 0 Å². The third kappa shape index (κ3) is 0.944. The summed E-state index contributed by atoms with van der Waals surface area (Å²) in [6.07, 6.45) is 7.30. The van der Waals surface area contributed by atoms with Gasteiger partial charge in [0, 0.05) is 6.04 Å². The Bertz CT molecular complexity index is 178. The fraction of sp³-hybridized carbons (Fsp3) is 1.00. The molecule has 0 amide bonds. The molecular formula is C10H18N2. The molecule has 2 heteroatoms. The predicted octanol–water partition coefficient (Wildman–Crippen LogP) is 1.27. The van der Waals surface area contributed by atoms with E-state index in [1.54, 1.807) is 0 Å². The van der Waals surface area contributed by atoms with E-state index in [-0.39, 0.29) is 0 Å². The monoisotopic (exact) mass is 166 g/mol. The van der Waals surface area contributed by atoms with Crippen LogP contribution in [0, 0.1) is 23.7 Å². The fourth-order valence-electron chi connectivity index (χ4n) is 3.43. The van der Waals surface area contributed by atoms with Gasteiger partial charge in [-0.25, -0.2) is 0 Å². The lowest BCUT2D eigenvalue weighted by molar-refractivity contribution is 0.375. The van der Waals surface area contributed by atoms with Crippen LogP contribution in [0.3, 0.4) is 0 Å². The highest BCUT2D eigenvalue weighted by atomic mass is 15.2. The summed E-state index contributed by atoms with van der Waals surface area (Å²) in [5.41, 5.74) is 3.05. The lowest BCUT2D eigenvalue weighted by Gasteiger charge is -2.16. The minimum Gasteiger partial charge on any atom is -0.271 e. The molecule has 3 N–H and O–H groups in total. The van der Waals surface area contributed by atoms with Crippen LogP contribution in [0.1, 0.15) is 32.1 Å². The second kappa shape index (κ2) is 2.46. The zero-order valence-corrected chi connectivity index (χ0v) is 7.50. The number of hydrogen-bond donors (Lipinski definition) is 2. The van der Waals surface area contributed by atoms with E-state index in [1.165, 1.54) is 32.1 Å². The highest BCUT2D eigenvalue weighted by Crippen LogP contribution is 2.61. The molecule has 3 unspecified atom stereocenters. The Morgan fingerprint density at radius 3 is 2.25 bits per heavy atom. The molecule has 2 nitrogen and oxygen atoms in total. The van der Waals surface area contributed by atoms with Gasteiger partial charge in [-0.15, -0.1) is 0 Å². The zero-order chi connectivity index (χ0) is 8.13. The van der Waals surface area contributed by atoms with Gasteiger partial charge in [-0.3, -0.25) is 11.3 Å². The molecule has 68 valence electrons. The van der Waals surface area contributed by atoms with Crippen molar-refractivity contribution >= 4 is 0 Å². The molecule has 3 aliphatic rings. The van der Waals surface area contributed by atoms with E-state index >= 15 is 0 Å². The molecule has 3 fully saturated rings. The van der Waals surface area contributed by atoms with E-state index in [2.05, 4.69) is 5.43 Å². The Kier molecular flexibility index (Phi) is 1.50. The van der Waals surface area contributed by atoms with Crippen molar-refractivity contribution in [1.29, 1.82) is 0 Å². The maximum Gasteiger partial charge on any atom is 0.0272 e. The molecule has 0 bridgehead atoms. The van der Waals surface area contributed by atoms with E-state index in [1.807, 2.05) is 0 Å². The first kappa shape index (κ1) is 7.34. The molecule has 0 heterocycles. The standard InChI is InChI=1S/C10H18N2/c11-12-10(6-4-5-6)9-7-2-1-3-8(7)9/h6-10,12H,1-5,11H2. The first-order chi connectivity index (χ1) is 5.92. The lowest BCUT2D eigenvalue weighted by Crippen LogP contribution is -2.39. The normalized spacial score (nSPS) is 47.2. The van der Waals surface area contributed by atoms with E-state index in [9.17, 15) is 0 Å². The fourth-order valence-corrected chi connectivity index (χ4v) is 3.43. The van der Waals surface area contributed by atoms with Crippen molar-refractivity contribution in [2.75, 3.05) is 0 Å². The quantitative estimate of drug-likeness (QED) is 0.489. The summed E-state index contributed by atoms with van der Waals surface area (Å²) >= 11 is 0. The van der Waals surface area contributed by atoms with Crippen LogP contribution in [0.25, 0.3) is 0 Å². The highest BCUT2D eigenvalue weighted by molar-refractivity contribution is 5.09. The molecule has 0 aromatic heterocycles. The van der Waals surface area contributed by atoms with E-state index in [0.29, 0.717) is 6.04 Å². The number of hydrazine groups is 1. The number of nitrogens with one attached hydrogen (secondary N) is 1. The molecule has 3 aliphatic carbocycles. The second-order valence-corrected chi connectivity index (χ2v) is 4.87. The SMILES string of the molecule is NNC(C1CC1)C1C2CCCC21. The third-order valence-corrected chi connectivity index (χ3v) is 4.21. The van der Waals surface area contributed by atoms with Gasteiger partial charge in [-0.05, 0) is 49.4 Å². The smallest absolute Gasteiger partial charge is 0.0272 e. The van der Waals surface area contributed by atoms with Crippen LogP contribution in [-0.4, -0.2) is 6.04 Å². The first-order valence-corrected chi connectivity index (χ1v) is 5.38. The van der Waals surface area contributed by atoms with Crippen LogP contribution in [-0.2, 0) is 0 Å². The number of rotatable bonds is 3. The molecule has 3 rings (SSSR count). The van der Waals surface area contributed by atoms with Gasteiger partial charge in [0.1, 0.15) is 0 Å². The van der Waals surface area contributed by atoms with Crippen LogP contribution >= 0.6 is 0 Å². The maximum absolute atomic E-state index is 5.61. The molecule has 0 saturated heterocycles. The van der Waals surface area contributed by atoms with Crippen molar-refractivity contribution in [2.45, 2.75) is 38.1 Å². The van der Waals surface area contributed by atoms with Gasteiger partial charge >= 0.3 is 0 Å². The number of fused-ring (bicyclic) bond motifs is 1. The molecule has 0 aromatic rings. The van der Waals surface area contributed by atoms with Gasteiger partial charge in [-0.2, -0.15) is 0 Å². The summed E-state index contributed by atoms with van der Waals surface area (Å²) < 4.78 is 0. The summed E-state index contributed by atoms with van der Waals surface area (Å²) in [6, 6.07) is 0.681. The average Bonchev–Trinajstić information content (AvgIpc) is 2.98. The Morgan fingerprint density at radius 1 is 1.08 bits per heavy atom. The van der Waals surface area contributed by atoms with Gasteiger partial charge in [0.2, 0.25) is 0 Å². The average molecular weight is 166 g/mol. The Balaban J connectivity index is 1.65. The van der Waals surface area contributed by atoms with E-state index in [4.69, 9.17) is 5.84 Å². The summed E-state index contributed by atoms with van der Waals surface area (Å²) in [5, 5.41) is 0. The van der Waals surface area contributed by atoms with Gasteiger partial charge in [0.25, 0.3) is 0 Å². The topological polar surface area (TPSA) is 38.0 Å². The number of nitrogens with two attached hydrogens (primary N) is 1. The molecule has 3 atom stereocenters. The predicted molar refractivity (Wildman–Crippen MR) is 48.2 cm³/mol. The Morgan fingerprint density at radius 2 is 1.75 bits per heavy atom. The summed E-state index contributed by atoms with van der Waals surface area (Å²) in [4.78, 5) is 0. The Labute approximate surface area is 73.9 Å². The van der Waals surface area contributed by atoms with Crippen LogP contribution < -0.4 is 11.3 Å². The lowest BCUT2D eigenvalue weighted by atomic mass is 10.0. The van der Waals surface area contributed by atoms with Crippen LogP contribution in [0.5, 0.6) is 0 Å². The molecule has 12 heavy (non-hydrogen) atoms. The number of hydrogen-bond acceptors (Lipinski definition) is 2. The largest absolute Gasteiger partial charge is 0.271 e. The van der Waals surface area contributed by atoms with Gasteiger partial charge in [-0.1, -0.05) is 6.42 Å². The van der Waals surface area contributed by atoms with Crippen molar-refractivity contribution < 1.29 is 0 Å². The summed E-state index contributed by atoms with van der Waals surface area (Å²) in [7, 11) is 0. The zero-order valence-electron chi connectivity index (χ0n) is 7.50. The summed E-state index contributed by atoms with van der Waals surface area (Å²) in [6.45, 7) is 0. The molecule has 0 spiro atoms. The van der Waals surface area contributed by atoms with Gasteiger partial charge < -0.3 is 0 Å². The van der Waals surface area contributed by atoms with Crippen LogP contribution in [0.2, 0.25) is 0 Å². The van der Waals surface area contributed by atoms with Crippen LogP contribution in [0.4, 0.5) is 0 Å². The van der Waals surface area contributed by atoms with E-state index < -0.39 is 0 Å². The van der Waals surface area contributed by atoms with Crippen molar-refractivity contribution in [2.24, 2.45) is 29.5 Å². The molecule has 0 radical (unpaired) electrons. The molecule has 0 aromatic carbocycles.